The molecule has 0 aliphatic rings. The van der Waals surface area contributed by atoms with E-state index in [-0.39, 0.29) is 5.56 Å². The van der Waals surface area contributed by atoms with Crippen molar-refractivity contribution in [3.05, 3.63) is 89.5 Å². The number of benzene rings is 3. The lowest BCUT2D eigenvalue weighted by Crippen LogP contribution is -2.11. The second-order valence-electron chi connectivity index (χ2n) is 6.27. The first kappa shape index (κ1) is 14.7. The van der Waals surface area contributed by atoms with Crippen LogP contribution < -0.4 is 5.56 Å². The second-order valence-corrected chi connectivity index (χ2v) is 6.27. The third-order valence-electron chi connectivity index (χ3n) is 4.68. The minimum Gasteiger partial charge on any atom is -0.360 e. The summed E-state index contributed by atoms with van der Waals surface area (Å²) in [5.74, 6) is 0. The van der Waals surface area contributed by atoms with Crippen LogP contribution in [0.25, 0.3) is 44.2 Å². The van der Waals surface area contributed by atoms with Gasteiger partial charge in [-0.2, -0.15) is 0 Å². The highest BCUT2D eigenvalue weighted by molar-refractivity contribution is 5.94. The highest BCUT2D eigenvalue weighted by atomic mass is 16.1. The van der Waals surface area contributed by atoms with E-state index in [9.17, 15) is 4.79 Å². The quantitative estimate of drug-likeness (QED) is 0.489. The lowest BCUT2D eigenvalue weighted by Gasteiger charge is -2.05. The first-order valence-electron chi connectivity index (χ1n) is 8.45. The Morgan fingerprint density at radius 3 is 2.50 bits per heavy atom. The predicted molar refractivity (Wildman–Crippen MR) is 105 cm³/mol. The van der Waals surface area contributed by atoms with Gasteiger partial charge >= 0.3 is 0 Å². The Bertz CT molecular complexity index is 1310. The van der Waals surface area contributed by atoms with Crippen LogP contribution in [0, 0.1) is 0 Å². The van der Waals surface area contributed by atoms with Crippen molar-refractivity contribution in [3.8, 4) is 22.5 Å². The Kier molecular flexibility index (Phi) is 3.22. The van der Waals surface area contributed by atoms with Crippen molar-refractivity contribution in [1.82, 2.24) is 15.0 Å². The van der Waals surface area contributed by atoms with Crippen molar-refractivity contribution < 1.29 is 0 Å². The van der Waals surface area contributed by atoms with Gasteiger partial charge in [-0.3, -0.25) is 4.79 Å². The maximum atomic E-state index is 12.4. The van der Waals surface area contributed by atoms with Crippen molar-refractivity contribution in [2.45, 2.75) is 0 Å². The topological polar surface area (TPSA) is 61.5 Å². The summed E-state index contributed by atoms with van der Waals surface area (Å²) in [5, 5.41) is 3.31. The van der Waals surface area contributed by atoms with E-state index < -0.39 is 0 Å². The van der Waals surface area contributed by atoms with E-state index in [2.05, 4.69) is 39.2 Å². The lowest BCUT2D eigenvalue weighted by atomic mass is 10.0. The van der Waals surface area contributed by atoms with Crippen LogP contribution in [0.3, 0.4) is 0 Å². The molecule has 0 aliphatic heterocycles. The van der Waals surface area contributed by atoms with Crippen molar-refractivity contribution in [2.24, 2.45) is 0 Å². The highest BCUT2D eigenvalue weighted by Crippen LogP contribution is 2.27. The molecule has 2 N–H and O–H groups in total. The molecule has 124 valence electrons. The molecular formula is C22H15N3O. The number of nitrogens with zero attached hydrogens (tertiary/aromatic N) is 1. The Labute approximate surface area is 149 Å². The molecule has 0 bridgehead atoms. The van der Waals surface area contributed by atoms with Gasteiger partial charge in [0, 0.05) is 34.4 Å². The number of rotatable bonds is 2. The standard InChI is InChI=1S/C22H15N3O/c26-22-21(18-12-23-19-8-4-3-7-17(18)19)25-20(13-24-22)16-10-9-14-5-1-2-6-15(14)11-16/h1-13,23H,(H,24,26). The smallest absolute Gasteiger partial charge is 0.274 e. The zero-order valence-corrected chi connectivity index (χ0v) is 13.9. The minimum atomic E-state index is -0.195. The van der Waals surface area contributed by atoms with E-state index in [4.69, 9.17) is 0 Å². The summed E-state index contributed by atoms with van der Waals surface area (Å²) in [7, 11) is 0. The van der Waals surface area contributed by atoms with Gasteiger partial charge in [-0.05, 0) is 22.9 Å². The number of aromatic amines is 2. The van der Waals surface area contributed by atoms with Crippen molar-refractivity contribution >= 4 is 21.7 Å². The molecule has 0 spiro atoms. The van der Waals surface area contributed by atoms with E-state index in [0.717, 1.165) is 33.1 Å². The second kappa shape index (κ2) is 5.70. The lowest BCUT2D eigenvalue weighted by molar-refractivity contribution is 1.15. The minimum absolute atomic E-state index is 0.195. The molecule has 2 aromatic heterocycles. The summed E-state index contributed by atoms with van der Waals surface area (Å²) in [6.45, 7) is 0. The van der Waals surface area contributed by atoms with Crippen molar-refractivity contribution in [3.63, 3.8) is 0 Å². The van der Waals surface area contributed by atoms with Crippen LogP contribution in [0.4, 0.5) is 0 Å². The monoisotopic (exact) mass is 337 g/mol. The molecule has 0 saturated heterocycles. The first-order valence-corrected chi connectivity index (χ1v) is 8.45. The van der Waals surface area contributed by atoms with Crippen molar-refractivity contribution in [2.75, 3.05) is 0 Å². The molecule has 2 heterocycles. The molecule has 0 unspecified atom stereocenters. The molecule has 0 amide bonds. The van der Waals surface area contributed by atoms with Crippen LogP contribution in [0.15, 0.2) is 83.9 Å². The molecular weight excluding hydrogens is 322 g/mol. The molecule has 4 nitrogen and oxygen atoms in total. The number of hydrogen-bond acceptors (Lipinski definition) is 2. The van der Waals surface area contributed by atoms with E-state index in [1.54, 1.807) is 6.20 Å². The molecule has 0 radical (unpaired) electrons. The summed E-state index contributed by atoms with van der Waals surface area (Å²) < 4.78 is 0. The number of hydrogen-bond donors (Lipinski definition) is 2. The molecule has 0 fully saturated rings. The van der Waals surface area contributed by atoms with Gasteiger partial charge in [-0.1, -0.05) is 54.6 Å². The van der Waals surface area contributed by atoms with Crippen LogP contribution in [-0.4, -0.2) is 15.0 Å². The zero-order valence-electron chi connectivity index (χ0n) is 13.9. The molecule has 0 saturated carbocycles. The molecule has 3 aromatic carbocycles. The molecule has 5 rings (SSSR count). The van der Waals surface area contributed by atoms with E-state index >= 15 is 0 Å². The van der Waals surface area contributed by atoms with Crippen molar-refractivity contribution in [1.29, 1.82) is 0 Å². The van der Waals surface area contributed by atoms with E-state index in [0.29, 0.717) is 5.69 Å². The number of nitrogens with one attached hydrogen (secondary N) is 2. The summed E-state index contributed by atoms with van der Waals surface area (Å²) >= 11 is 0. The van der Waals surface area contributed by atoms with E-state index in [1.165, 1.54) is 5.39 Å². The van der Waals surface area contributed by atoms with Gasteiger partial charge in [0.05, 0.1) is 5.69 Å². The molecule has 5 aromatic rings. The summed E-state index contributed by atoms with van der Waals surface area (Å²) in [6.07, 6.45) is 3.51. The van der Waals surface area contributed by atoms with Gasteiger partial charge in [-0.25, -0.2) is 4.98 Å². The van der Waals surface area contributed by atoms with Crippen LogP contribution in [0.5, 0.6) is 0 Å². The van der Waals surface area contributed by atoms with Crippen LogP contribution >= 0.6 is 0 Å². The highest BCUT2D eigenvalue weighted by Gasteiger charge is 2.13. The molecule has 26 heavy (non-hydrogen) atoms. The third kappa shape index (κ3) is 2.31. The maximum Gasteiger partial charge on any atom is 0.274 e. The van der Waals surface area contributed by atoms with E-state index in [1.807, 2.05) is 48.7 Å². The predicted octanol–water partition coefficient (Wildman–Crippen LogP) is 4.74. The fourth-order valence-corrected chi connectivity index (χ4v) is 3.35. The van der Waals surface area contributed by atoms with Gasteiger partial charge < -0.3 is 9.97 Å². The Morgan fingerprint density at radius 1 is 0.769 bits per heavy atom. The summed E-state index contributed by atoms with van der Waals surface area (Å²) in [6, 6.07) is 22.3. The van der Waals surface area contributed by atoms with Crippen LogP contribution in [0.2, 0.25) is 0 Å². The van der Waals surface area contributed by atoms with Crippen LogP contribution in [0.1, 0.15) is 0 Å². The maximum absolute atomic E-state index is 12.4. The molecule has 0 aliphatic carbocycles. The first-order chi connectivity index (χ1) is 12.8. The number of fused-ring (bicyclic) bond motifs is 2. The number of H-pyrrole nitrogens is 2. The number of para-hydroxylation sites is 1. The van der Waals surface area contributed by atoms with Gasteiger partial charge in [0.25, 0.3) is 5.56 Å². The fraction of sp³-hybridized carbons (Fsp3) is 0. The Balaban J connectivity index is 1.70. The largest absolute Gasteiger partial charge is 0.360 e. The zero-order chi connectivity index (χ0) is 17.5. The Hall–Kier alpha value is -3.66. The third-order valence-corrected chi connectivity index (χ3v) is 4.68. The Morgan fingerprint density at radius 2 is 1.58 bits per heavy atom. The molecule has 0 atom stereocenters. The average molecular weight is 337 g/mol. The molecule has 4 heteroatoms. The average Bonchev–Trinajstić information content (AvgIpc) is 3.12. The fourth-order valence-electron chi connectivity index (χ4n) is 3.35. The summed E-state index contributed by atoms with van der Waals surface area (Å²) in [5.41, 5.74) is 3.74. The SMILES string of the molecule is O=c1[nH]cc(-c2ccc3ccccc3c2)nc1-c1c[nH]c2ccccc12. The van der Waals surface area contributed by atoms with Gasteiger partial charge in [0.2, 0.25) is 0 Å². The summed E-state index contributed by atoms with van der Waals surface area (Å²) in [4.78, 5) is 23.1. The number of aromatic nitrogens is 3. The van der Waals surface area contributed by atoms with Gasteiger partial charge in [0.15, 0.2) is 0 Å². The normalized spacial score (nSPS) is 11.2. The van der Waals surface area contributed by atoms with Gasteiger partial charge in [-0.15, -0.1) is 0 Å². The van der Waals surface area contributed by atoms with Crippen LogP contribution in [-0.2, 0) is 0 Å². The van der Waals surface area contributed by atoms with Gasteiger partial charge in [0.1, 0.15) is 5.69 Å².